The highest BCUT2D eigenvalue weighted by molar-refractivity contribution is 6.01. The van der Waals surface area contributed by atoms with E-state index in [1.807, 2.05) is 24.0 Å². The summed E-state index contributed by atoms with van der Waals surface area (Å²) in [5.74, 6) is 0.382. The number of fused-ring (bicyclic) bond motifs is 5. The number of anilines is 1. The van der Waals surface area contributed by atoms with E-state index in [-0.39, 0.29) is 29.6 Å². The molecule has 28 heavy (non-hydrogen) atoms. The molecule has 3 aromatic carbocycles. The number of hydrogen-bond donors (Lipinski definition) is 0. The first kappa shape index (κ1) is 17.2. The molecule has 5 rings (SSSR count). The van der Waals surface area contributed by atoms with Gasteiger partial charge in [0, 0.05) is 18.0 Å². The molecule has 1 aliphatic carbocycles. The molecule has 0 N–H and O–H groups in total. The van der Waals surface area contributed by atoms with Crippen LogP contribution in [0.2, 0.25) is 0 Å². The van der Waals surface area contributed by atoms with Gasteiger partial charge in [-0.25, -0.2) is 4.39 Å². The van der Waals surface area contributed by atoms with Crippen molar-refractivity contribution in [2.75, 3.05) is 4.90 Å². The van der Waals surface area contributed by atoms with E-state index in [0.29, 0.717) is 6.42 Å². The molecule has 3 atom stereocenters. The van der Waals surface area contributed by atoms with Gasteiger partial charge >= 0.3 is 0 Å². The number of allylic oxidation sites excluding steroid dienone is 2. The topological polar surface area (TPSA) is 20.3 Å². The van der Waals surface area contributed by atoms with Crippen LogP contribution in [0.15, 0.2) is 72.8 Å². The van der Waals surface area contributed by atoms with Crippen LogP contribution in [0.25, 0.3) is 10.8 Å². The van der Waals surface area contributed by atoms with Crippen molar-refractivity contribution < 1.29 is 9.18 Å². The summed E-state index contributed by atoms with van der Waals surface area (Å²) in [4.78, 5) is 15.1. The van der Waals surface area contributed by atoms with Crippen molar-refractivity contribution in [1.29, 1.82) is 0 Å². The minimum absolute atomic E-state index is 0.0817. The van der Waals surface area contributed by atoms with Crippen molar-refractivity contribution in [3.05, 3.63) is 89.8 Å². The van der Waals surface area contributed by atoms with E-state index in [1.165, 1.54) is 28.5 Å². The van der Waals surface area contributed by atoms with Crippen molar-refractivity contribution in [3.8, 4) is 0 Å². The Morgan fingerprint density at radius 2 is 1.86 bits per heavy atom. The smallest absolute Gasteiger partial charge is 0.227 e. The summed E-state index contributed by atoms with van der Waals surface area (Å²) in [6.45, 7) is 1.91. The Hall–Kier alpha value is -2.94. The zero-order valence-electron chi connectivity index (χ0n) is 15.8. The van der Waals surface area contributed by atoms with Crippen molar-refractivity contribution in [3.63, 3.8) is 0 Å². The number of hydrogen-bond acceptors (Lipinski definition) is 1. The quantitative estimate of drug-likeness (QED) is 0.496. The predicted octanol–water partition coefficient (Wildman–Crippen LogP) is 6.14. The summed E-state index contributed by atoms with van der Waals surface area (Å²) >= 11 is 0. The van der Waals surface area contributed by atoms with Crippen LogP contribution in [0.1, 0.15) is 42.9 Å². The minimum atomic E-state index is -0.250. The zero-order valence-corrected chi connectivity index (χ0v) is 15.8. The van der Waals surface area contributed by atoms with E-state index < -0.39 is 0 Å². The van der Waals surface area contributed by atoms with Crippen LogP contribution in [-0.2, 0) is 4.79 Å². The van der Waals surface area contributed by atoms with Crippen molar-refractivity contribution >= 4 is 22.4 Å². The number of rotatable bonds is 2. The summed E-state index contributed by atoms with van der Waals surface area (Å²) in [5, 5.41) is 2.41. The van der Waals surface area contributed by atoms with Crippen molar-refractivity contribution in [1.82, 2.24) is 0 Å². The van der Waals surface area contributed by atoms with Crippen LogP contribution in [0.3, 0.4) is 0 Å². The number of carbonyl (C=O) groups is 1. The molecule has 0 saturated carbocycles. The van der Waals surface area contributed by atoms with Gasteiger partial charge in [0.15, 0.2) is 0 Å². The highest BCUT2D eigenvalue weighted by Crippen LogP contribution is 2.54. The monoisotopic (exact) mass is 371 g/mol. The standard InChI is InChI=1S/C25H22FNO/c1-2-23(28)27-22-15-12-16-6-3-4-7-19(16)24(22)20-8-5-9-21(20)25(27)17-10-13-18(26)14-11-17/h3-8,10-15,20-21,25H,2,9H2,1H3/t20-,21+,25+/m1/s1. The molecule has 1 heterocycles. The predicted molar refractivity (Wildman–Crippen MR) is 111 cm³/mol. The second-order valence-electron chi connectivity index (χ2n) is 7.69. The molecule has 0 bridgehead atoms. The third-order valence-electron chi connectivity index (χ3n) is 6.22. The van der Waals surface area contributed by atoms with Gasteiger partial charge in [-0.15, -0.1) is 0 Å². The molecule has 0 fully saturated rings. The molecule has 140 valence electrons. The van der Waals surface area contributed by atoms with Gasteiger partial charge in [-0.1, -0.05) is 61.5 Å². The first-order valence-corrected chi connectivity index (χ1v) is 9.95. The fourth-order valence-electron chi connectivity index (χ4n) is 5.01. The summed E-state index contributed by atoms with van der Waals surface area (Å²) in [7, 11) is 0. The molecule has 3 aromatic rings. The summed E-state index contributed by atoms with van der Waals surface area (Å²) in [5.41, 5.74) is 3.24. The first-order chi connectivity index (χ1) is 13.7. The Kier molecular flexibility index (Phi) is 4.04. The molecule has 0 saturated heterocycles. The molecule has 1 aliphatic heterocycles. The molecule has 0 spiro atoms. The van der Waals surface area contributed by atoms with Gasteiger partial charge < -0.3 is 4.90 Å². The Morgan fingerprint density at radius 1 is 1.07 bits per heavy atom. The van der Waals surface area contributed by atoms with Gasteiger partial charge in [-0.2, -0.15) is 0 Å². The average molecular weight is 371 g/mol. The Balaban J connectivity index is 1.78. The highest BCUT2D eigenvalue weighted by atomic mass is 19.1. The number of carbonyl (C=O) groups excluding carboxylic acids is 1. The molecule has 1 amide bonds. The maximum atomic E-state index is 13.6. The SMILES string of the molecule is CCC(=O)N1c2ccc3ccccc3c2[C@@H]2C=CC[C@@H]2[C@@H]1c1ccc(F)cc1. The van der Waals surface area contributed by atoms with Crippen LogP contribution in [-0.4, -0.2) is 5.91 Å². The lowest BCUT2D eigenvalue weighted by Crippen LogP contribution is -2.43. The summed E-state index contributed by atoms with van der Waals surface area (Å²) in [6.07, 6.45) is 5.88. The van der Waals surface area contributed by atoms with Crippen molar-refractivity contribution in [2.24, 2.45) is 5.92 Å². The number of amides is 1. The van der Waals surface area contributed by atoms with Crippen LogP contribution in [0, 0.1) is 11.7 Å². The molecule has 0 unspecified atom stereocenters. The second-order valence-corrected chi connectivity index (χ2v) is 7.69. The minimum Gasteiger partial charge on any atom is -0.304 e. The summed E-state index contributed by atoms with van der Waals surface area (Å²) in [6, 6.07) is 19.2. The van der Waals surface area contributed by atoms with Crippen LogP contribution >= 0.6 is 0 Å². The lowest BCUT2D eigenvalue weighted by atomic mass is 9.74. The van der Waals surface area contributed by atoms with E-state index >= 15 is 0 Å². The van der Waals surface area contributed by atoms with Gasteiger partial charge in [0.2, 0.25) is 5.91 Å². The van der Waals surface area contributed by atoms with Gasteiger partial charge in [0.25, 0.3) is 0 Å². The number of halogens is 1. The average Bonchev–Trinajstić information content (AvgIpc) is 3.22. The van der Waals surface area contributed by atoms with Crippen LogP contribution in [0.5, 0.6) is 0 Å². The molecule has 2 aliphatic rings. The third-order valence-corrected chi connectivity index (χ3v) is 6.22. The number of nitrogens with zero attached hydrogens (tertiary/aromatic N) is 1. The molecule has 3 heteroatoms. The maximum absolute atomic E-state index is 13.6. The van der Waals surface area contributed by atoms with Crippen LogP contribution < -0.4 is 4.90 Å². The largest absolute Gasteiger partial charge is 0.304 e. The lowest BCUT2D eigenvalue weighted by Gasteiger charge is -2.45. The molecule has 0 aromatic heterocycles. The highest BCUT2D eigenvalue weighted by Gasteiger charge is 2.44. The lowest BCUT2D eigenvalue weighted by molar-refractivity contribution is -0.119. The van der Waals surface area contributed by atoms with E-state index in [0.717, 1.165) is 17.7 Å². The van der Waals surface area contributed by atoms with Gasteiger partial charge in [0.05, 0.1) is 6.04 Å². The Morgan fingerprint density at radius 3 is 2.64 bits per heavy atom. The maximum Gasteiger partial charge on any atom is 0.227 e. The van der Waals surface area contributed by atoms with Gasteiger partial charge in [0.1, 0.15) is 5.82 Å². The summed E-state index contributed by atoms with van der Waals surface area (Å²) < 4.78 is 13.6. The van der Waals surface area contributed by atoms with Crippen molar-refractivity contribution in [2.45, 2.75) is 31.7 Å². The molecule has 2 nitrogen and oxygen atoms in total. The van der Waals surface area contributed by atoms with Crippen LogP contribution in [0.4, 0.5) is 10.1 Å². The van der Waals surface area contributed by atoms with E-state index in [4.69, 9.17) is 0 Å². The Bertz CT molecular complexity index is 1090. The fraction of sp³-hybridized carbons (Fsp3) is 0.240. The Labute approximate surface area is 164 Å². The zero-order chi connectivity index (χ0) is 19.3. The first-order valence-electron chi connectivity index (χ1n) is 9.95. The van der Waals surface area contributed by atoms with Gasteiger partial charge in [-0.05, 0) is 52.4 Å². The number of benzene rings is 3. The second kappa shape index (κ2) is 6.59. The normalized spacial score (nSPS) is 22.9. The third kappa shape index (κ3) is 2.50. The fourth-order valence-corrected chi connectivity index (χ4v) is 5.01. The molecule has 0 radical (unpaired) electrons. The molecular formula is C25H22FNO. The van der Waals surface area contributed by atoms with E-state index in [2.05, 4.69) is 48.6 Å². The molecular weight excluding hydrogens is 349 g/mol. The van der Waals surface area contributed by atoms with E-state index in [1.54, 1.807) is 0 Å². The van der Waals surface area contributed by atoms with E-state index in [9.17, 15) is 9.18 Å². The van der Waals surface area contributed by atoms with Gasteiger partial charge in [-0.3, -0.25) is 4.79 Å².